The van der Waals surface area contributed by atoms with E-state index in [4.69, 9.17) is 0 Å². The molecule has 3 rings (SSSR count). The number of carbonyl (C=O) groups is 1. The molecule has 0 aromatic heterocycles. The highest BCUT2D eigenvalue weighted by Gasteiger charge is 2.25. The number of carboxylic acid groups (broad SMARTS) is 1. The standard InChI is InChI=1S/C20H20NO4P/c1-14(20(22)23)19-17-10-6-5-9-16(17)11-12-18(19)21-26(24,25)13-15-7-3-2-4-8-15/h2-12,14H,13H2,1H3,(H,22,23)(H2,21,24,25). The van der Waals surface area contributed by atoms with Crippen LogP contribution in [0.4, 0.5) is 5.69 Å². The number of hydrogen-bond acceptors (Lipinski definition) is 2. The lowest BCUT2D eigenvalue weighted by Crippen LogP contribution is -2.11. The van der Waals surface area contributed by atoms with Crippen molar-refractivity contribution in [1.82, 2.24) is 0 Å². The minimum Gasteiger partial charge on any atom is -0.481 e. The van der Waals surface area contributed by atoms with Gasteiger partial charge in [-0.25, -0.2) is 0 Å². The Morgan fingerprint density at radius 3 is 2.38 bits per heavy atom. The second-order valence-electron chi connectivity index (χ2n) is 6.26. The summed E-state index contributed by atoms with van der Waals surface area (Å²) in [5.74, 6) is -1.81. The molecular weight excluding hydrogens is 349 g/mol. The number of carboxylic acids is 1. The van der Waals surface area contributed by atoms with Crippen LogP contribution in [0.5, 0.6) is 0 Å². The van der Waals surface area contributed by atoms with Gasteiger partial charge >= 0.3 is 5.97 Å². The first-order valence-corrected chi connectivity index (χ1v) is 10.1. The van der Waals surface area contributed by atoms with Crippen LogP contribution in [0.3, 0.4) is 0 Å². The maximum Gasteiger partial charge on any atom is 0.310 e. The SMILES string of the molecule is CC(C(=O)O)c1c(NP(=O)(O)Cc2ccccc2)ccc2ccccc12. The Kier molecular flexibility index (Phi) is 5.12. The van der Waals surface area contributed by atoms with Crippen molar-refractivity contribution >= 4 is 29.9 Å². The van der Waals surface area contributed by atoms with Crippen molar-refractivity contribution in [2.75, 3.05) is 5.09 Å². The Labute approximate surface area is 151 Å². The van der Waals surface area contributed by atoms with Crippen molar-refractivity contribution in [3.8, 4) is 0 Å². The summed E-state index contributed by atoms with van der Waals surface area (Å²) in [7, 11) is -3.75. The van der Waals surface area contributed by atoms with Gasteiger partial charge in [-0.3, -0.25) is 9.36 Å². The quantitative estimate of drug-likeness (QED) is 0.542. The van der Waals surface area contributed by atoms with Gasteiger partial charge in [-0.05, 0) is 34.9 Å². The molecule has 5 nitrogen and oxygen atoms in total. The van der Waals surface area contributed by atoms with Gasteiger partial charge in [-0.2, -0.15) is 0 Å². The summed E-state index contributed by atoms with van der Waals surface area (Å²) >= 11 is 0. The third-order valence-corrected chi connectivity index (χ3v) is 5.69. The molecule has 2 unspecified atom stereocenters. The van der Waals surface area contributed by atoms with Gasteiger partial charge < -0.3 is 15.1 Å². The Bertz CT molecular complexity index is 988. The van der Waals surface area contributed by atoms with Crippen molar-refractivity contribution in [1.29, 1.82) is 0 Å². The van der Waals surface area contributed by atoms with Gasteiger partial charge in [-0.1, -0.05) is 60.7 Å². The van der Waals surface area contributed by atoms with Crippen molar-refractivity contribution in [3.05, 3.63) is 77.9 Å². The molecule has 0 spiro atoms. The van der Waals surface area contributed by atoms with Crippen molar-refractivity contribution in [2.45, 2.75) is 19.0 Å². The first-order valence-electron chi connectivity index (χ1n) is 8.26. The maximum absolute atomic E-state index is 12.7. The van der Waals surface area contributed by atoms with E-state index in [0.717, 1.165) is 16.3 Å². The van der Waals surface area contributed by atoms with Crippen LogP contribution in [-0.2, 0) is 15.5 Å². The van der Waals surface area contributed by atoms with Crippen LogP contribution in [0.25, 0.3) is 10.8 Å². The van der Waals surface area contributed by atoms with Gasteiger partial charge in [0.15, 0.2) is 0 Å². The molecule has 0 saturated carbocycles. The average molecular weight is 369 g/mol. The zero-order chi connectivity index (χ0) is 18.7. The molecule has 0 aliphatic rings. The molecule has 3 aromatic carbocycles. The van der Waals surface area contributed by atoms with Crippen molar-refractivity contribution in [3.63, 3.8) is 0 Å². The molecule has 2 atom stereocenters. The normalized spacial score (nSPS) is 14.5. The zero-order valence-corrected chi connectivity index (χ0v) is 15.2. The van der Waals surface area contributed by atoms with Gasteiger partial charge in [-0.15, -0.1) is 0 Å². The fourth-order valence-electron chi connectivity index (χ4n) is 3.04. The summed E-state index contributed by atoms with van der Waals surface area (Å²) in [5.41, 5.74) is 1.62. The molecule has 0 bridgehead atoms. The summed E-state index contributed by atoms with van der Waals surface area (Å²) in [6, 6.07) is 19.9. The van der Waals surface area contributed by atoms with Crippen LogP contribution in [0, 0.1) is 0 Å². The predicted molar refractivity (Wildman–Crippen MR) is 104 cm³/mol. The molecule has 0 heterocycles. The summed E-state index contributed by atoms with van der Waals surface area (Å²) in [5, 5.41) is 13.8. The molecule has 0 amide bonds. The second kappa shape index (κ2) is 7.32. The number of nitrogens with one attached hydrogen (secondary N) is 1. The molecule has 134 valence electrons. The van der Waals surface area contributed by atoms with E-state index in [9.17, 15) is 19.4 Å². The summed E-state index contributed by atoms with van der Waals surface area (Å²) in [6.07, 6.45) is -0.0401. The van der Waals surface area contributed by atoms with E-state index < -0.39 is 19.4 Å². The van der Waals surface area contributed by atoms with Gasteiger partial charge in [0.1, 0.15) is 0 Å². The first kappa shape index (κ1) is 18.2. The third-order valence-electron chi connectivity index (χ3n) is 4.31. The van der Waals surface area contributed by atoms with Crippen LogP contribution in [-0.4, -0.2) is 16.0 Å². The Balaban J connectivity index is 2.02. The van der Waals surface area contributed by atoms with E-state index in [1.165, 1.54) is 0 Å². The number of hydrogen-bond donors (Lipinski definition) is 3. The predicted octanol–water partition coefficient (Wildman–Crippen LogP) is 4.83. The zero-order valence-electron chi connectivity index (χ0n) is 14.3. The lowest BCUT2D eigenvalue weighted by atomic mass is 9.93. The number of fused-ring (bicyclic) bond motifs is 1. The van der Waals surface area contributed by atoms with E-state index in [1.54, 1.807) is 25.1 Å². The number of anilines is 1. The minimum absolute atomic E-state index is 0.0401. The van der Waals surface area contributed by atoms with Crippen LogP contribution < -0.4 is 5.09 Å². The van der Waals surface area contributed by atoms with E-state index in [2.05, 4.69) is 5.09 Å². The molecule has 0 saturated heterocycles. The Morgan fingerprint density at radius 1 is 1.04 bits per heavy atom. The first-order chi connectivity index (χ1) is 12.4. The fourth-order valence-corrected chi connectivity index (χ4v) is 4.40. The van der Waals surface area contributed by atoms with E-state index in [1.807, 2.05) is 48.5 Å². The van der Waals surface area contributed by atoms with Gasteiger partial charge in [0.2, 0.25) is 0 Å². The van der Waals surface area contributed by atoms with E-state index >= 15 is 0 Å². The Hall–Kier alpha value is -2.62. The lowest BCUT2D eigenvalue weighted by molar-refractivity contribution is -0.138. The summed E-state index contributed by atoms with van der Waals surface area (Å²) in [4.78, 5) is 22.0. The van der Waals surface area contributed by atoms with E-state index in [0.29, 0.717) is 11.3 Å². The molecule has 0 radical (unpaired) electrons. The number of aliphatic carboxylic acids is 1. The third kappa shape index (κ3) is 3.96. The Morgan fingerprint density at radius 2 is 1.69 bits per heavy atom. The number of benzene rings is 3. The monoisotopic (exact) mass is 369 g/mol. The van der Waals surface area contributed by atoms with Crippen LogP contribution in [0.1, 0.15) is 24.0 Å². The van der Waals surface area contributed by atoms with Crippen molar-refractivity contribution in [2.24, 2.45) is 0 Å². The smallest absolute Gasteiger partial charge is 0.310 e. The molecule has 3 aromatic rings. The minimum atomic E-state index is -3.75. The molecule has 3 N–H and O–H groups in total. The lowest BCUT2D eigenvalue weighted by Gasteiger charge is -2.21. The molecule has 0 aliphatic heterocycles. The largest absolute Gasteiger partial charge is 0.481 e. The topological polar surface area (TPSA) is 86.6 Å². The highest BCUT2D eigenvalue weighted by Crippen LogP contribution is 2.47. The van der Waals surface area contributed by atoms with Gasteiger partial charge in [0.25, 0.3) is 7.52 Å². The van der Waals surface area contributed by atoms with Gasteiger partial charge in [0, 0.05) is 5.69 Å². The van der Waals surface area contributed by atoms with Crippen LogP contribution in [0.15, 0.2) is 66.7 Å². The van der Waals surface area contributed by atoms with Crippen LogP contribution >= 0.6 is 7.52 Å². The average Bonchev–Trinajstić information content (AvgIpc) is 2.61. The molecule has 6 heteroatoms. The molecule has 26 heavy (non-hydrogen) atoms. The highest BCUT2D eigenvalue weighted by molar-refractivity contribution is 7.58. The van der Waals surface area contributed by atoms with E-state index in [-0.39, 0.29) is 6.16 Å². The summed E-state index contributed by atoms with van der Waals surface area (Å²) in [6.45, 7) is 1.58. The van der Waals surface area contributed by atoms with Gasteiger partial charge in [0.05, 0.1) is 12.1 Å². The molecule has 0 fully saturated rings. The summed E-state index contributed by atoms with van der Waals surface area (Å²) < 4.78 is 12.7. The van der Waals surface area contributed by atoms with Crippen molar-refractivity contribution < 1.29 is 19.4 Å². The van der Waals surface area contributed by atoms with Crippen LogP contribution in [0.2, 0.25) is 0 Å². The maximum atomic E-state index is 12.7. The highest BCUT2D eigenvalue weighted by atomic mass is 31.2. The molecule has 0 aliphatic carbocycles. The second-order valence-corrected chi connectivity index (χ2v) is 8.21. The number of rotatable bonds is 6. The molecular formula is C20H20NO4P. The fraction of sp³-hybridized carbons (Fsp3) is 0.150.